The SMILES string of the molecule is CO/N=C(/CC(=O)N=C(N)Cc1cc(Cl)c(NC(C)=O)c(Cl)c1)c1ccc([N+](=O)[O-])cc1. The van der Waals surface area contributed by atoms with Crippen molar-refractivity contribution >= 4 is 57.9 Å². The van der Waals surface area contributed by atoms with Crippen LogP contribution in [0.1, 0.15) is 24.5 Å². The van der Waals surface area contributed by atoms with E-state index in [0.29, 0.717) is 11.1 Å². The highest BCUT2D eigenvalue weighted by molar-refractivity contribution is 6.39. The Hall–Kier alpha value is -3.50. The predicted octanol–water partition coefficient (Wildman–Crippen LogP) is 3.73. The minimum Gasteiger partial charge on any atom is -0.399 e. The van der Waals surface area contributed by atoms with Gasteiger partial charge in [-0.05, 0) is 29.8 Å². The molecule has 0 aromatic heterocycles. The second-order valence-corrected chi connectivity index (χ2v) is 7.31. The van der Waals surface area contributed by atoms with Crippen molar-refractivity contribution in [2.75, 3.05) is 12.4 Å². The zero-order valence-corrected chi connectivity index (χ0v) is 18.6. The molecule has 0 atom stereocenters. The van der Waals surface area contributed by atoms with Crippen molar-refractivity contribution in [2.45, 2.75) is 19.8 Å². The molecule has 0 unspecified atom stereocenters. The molecule has 168 valence electrons. The van der Waals surface area contributed by atoms with Crippen LogP contribution in [0.25, 0.3) is 0 Å². The molecule has 0 aliphatic carbocycles. The molecular formula is C20H19Cl2N5O5. The normalized spacial score (nSPS) is 11.8. The van der Waals surface area contributed by atoms with E-state index in [1.54, 1.807) is 12.1 Å². The topological polar surface area (TPSA) is 149 Å². The Balaban J connectivity index is 2.13. The van der Waals surface area contributed by atoms with Crippen LogP contribution in [0.3, 0.4) is 0 Å². The lowest BCUT2D eigenvalue weighted by atomic mass is 10.1. The number of nitro groups is 1. The summed E-state index contributed by atoms with van der Waals surface area (Å²) in [5.41, 5.74) is 7.36. The molecule has 2 rings (SSSR count). The monoisotopic (exact) mass is 479 g/mol. The third-order valence-electron chi connectivity index (χ3n) is 3.99. The Morgan fingerprint density at radius 1 is 1.19 bits per heavy atom. The van der Waals surface area contributed by atoms with Crippen molar-refractivity contribution in [1.82, 2.24) is 0 Å². The summed E-state index contributed by atoms with van der Waals surface area (Å²) < 4.78 is 0. The van der Waals surface area contributed by atoms with Crippen molar-refractivity contribution in [3.8, 4) is 0 Å². The number of non-ortho nitro benzene ring substituents is 1. The second-order valence-electron chi connectivity index (χ2n) is 6.49. The van der Waals surface area contributed by atoms with E-state index in [-0.39, 0.29) is 51.7 Å². The Bertz CT molecular complexity index is 1080. The number of carbonyl (C=O) groups excluding carboxylic acids is 2. The van der Waals surface area contributed by atoms with E-state index in [2.05, 4.69) is 15.5 Å². The summed E-state index contributed by atoms with van der Waals surface area (Å²) in [7, 11) is 1.31. The van der Waals surface area contributed by atoms with Crippen LogP contribution in [0.5, 0.6) is 0 Å². The fourth-order valence-electron chi connectivity index (χ4n) is 2.69. The van der Waals surface area contributed by atoms with Crippen LogP contribution in [0.4, 0.5) is 11.4 Å². The van der Waals surface area contributed by atoms with Crippen LogP contribution in [0.15, 0.2) is 46.5 Å². The molecule has 3 N–H and O–H groups in total. The van der Waals surface area contributed by atoms with Crippen molar-refractivity contribution < 1.29 is 19.3 Å². The summed E-state index contributed by atoms with van der Waals surface area (Å²) in [6.45, 7) is 1.33. The number of nitro benzene ring substituents is 1. The molecule has 0 spiro atoms. The van der Waals surface area contributed by atoms with Crippen LogP contribution in [-0.2, 0) is 20.8 Å². The van der Waals surface area contributed by atoms with Gasteiger partial charge in [0.2, 0.25) is 5.91 Å². The number of hydrogen-bond acceptors (Lipinski definition) is 6. The first kappa shape index (κ1) is 24.8. The van der Waals surface area contributed by atoms with Crippen molar-refractivity contribution in [1.29, 1.82) is 0 Å². The molecule has 10 nitrogen and oxygen atoms in total. The number of rotatable bonds is 8. The number of benzene rings is 2. The third kappa shape index (κ3) is 7.03. The van der Waals surface area contributed by atoms with Gasteiger partial charge < -0.3 is 15.9 Å². The summed E-state index contributed by atoms with van der Waals surface area (Å²) >= 11 is 12.3. The minimum atomic E-state index is -0.594. The number of nitrogens with one attached hydrogen (secondary N) is 1. The number of oxime groups is 1. The zero-order valence-electron chi connectivity index (χ0n) is 17.1. The van der Waals surface area contributed by atoms with Crippen LogP contribution in [-0.4, -0.2) is 35.4 Å². The molecule has 12 heteroatoms. The summed E-state index contributed by atoms with van der Waals surface area (Å²) in [5, 5.41) is 17.6. The van der Waals surface area contributed by atoms with E-state index >= 15 is 0 Å². The second kappa shape index (κ2) is 11.2. The number of aliphatic imine (C=N–C) groups is 1. The number of anilines is 1. The molecule has 0 saturated heterocycles. The fourth-order valence-corrected chi connectivity index (χ4v) is 3.31. The van der Waals surface area contributed by atoms with E-state index in [1.165, 1.54) is 38.3 Å². The molecule has 0 aliphatic heterocycles. The van der Waals surface area contributed by atoms with E-state index in [0.717, 1.165) is 0 Å². The number of halogens is 2. The van der Waals surface area contributed by atoms with Gasteiger partial charge in [-0.2, -0.15) is 0 Å². The van der Waals surface area contributed by atoms with Gasteiger partial charge in [-0.15, -0.1) is 0 Å². The summed E-state index contributed by atoms with van der Waals surface area (Å²) in [6, 6.07) is 8.61. The maximum Gasteiger partial charge on any atom is 0.269 e. The first-order valence-corrected chi connectivity index (χ1v) is 9.82. The van der Waals surface area contributed by atoms with Crippen LogP contribution in [0.2, 0.25) is 10.0 Å². The van der Waals surface area contributed by atoms with Crippen LogP contribution >= 0.6 is 23.2 Å². The smallest absolute Gasteiger partial charge is 0.269 e. The van der Waals surface area contributed by atoms with Gasteiger partial charge in [0.25, 0.3) is 11.6 Å². The number of nitrogens with two attached hydrogens (primary N) is 1. The number of nitrogens with zero attached hydrogens (tertiary/aromatic N) is 3. The number of hydrogen-bond donors (Lipinski definition) is 2. The van der Waals surface area contributed by atoms with E-state index in [9.17, 15) is 19.7 Å². The van der Waals surface area contributed by atoms with Gasteiger partial charge in [0.05, 0.1) is 32.8 Å². The summed E-state index contributed by atoms with van der Waals surface area (Å²) in [6.07, 6.45) is -0.158. The summed E-state index contributed by atoms with van der Waals surface area (Å²) in [4.78, 5) is 42.5. The molecule has 0 fully saturated rings. The average Bonchev–Trinajstić information content (AvgIpc) is 2.70. The molecule has 0 heterocycles. The Labute approximate surface area is 193 Å². The first-order chi connectivity index (χ1) is 15.1. The van der Waals surface area contributed by atoms with Gasteiger partial charge in [0, 0.05) is 31.0 Å². The molecular weight excluding hydrogens is 461 g/mol. The maximum absolute atomic E-state index is 12.4. The quantitative estimate of drug-likeness (QED) is 0.255. The number of amides is 2. The third-order valence-corrected chi connectivity index (χ3v) is 4.58. The van der Waals surface area contributed by atoms with Gasteiger partial charge in [0.15, 0.2) is 0 Å². The lowest BCUT2D eigenvalue weighted by molar-refractivity contribution is -0.384. The molecule has 0 aliphatic rings. The van der Waals surface area contributed by atoms with Crippen molar-refractivity contribution in [3.05, 3.63) is 67.7 Å². The lowest BCUT2D eigenvalue weighted by Gasteiger charge is -2.10. The highest BCUT2D eigenvalue weighted by Crippen LogP contribution is 2.32. The Morgan fingerprint density at radius 2 is 1.78 bits per heavy atom. The van der Waals surface area contributed by atoms with E-state index in [4.69, 9.17) is 33.8 Å². The maximum atomic E-state index is 12.4. The van der Waals surface area contributed by atoms with Gasteiger partial charge in [0.1, 0.15) is 12.9 Å². The molecule has 0 radical (unpaired) electrons. The molecule has 0 bridgehead atoms. The van der Waals surface area contributed by atoms with Gasteiger partial charge in [-0.25, -0.2) is 4.99 Å². The summed E-state index contributed by atoms with van der Waals surface area (Å²) in [5.74, 6) is -0.909. The van der Waals surface area contributed by atoms with Gasteiger partial charge in [-0.1, -0.05) is 28.4 Å². The standard InChI is InChI=1S/C20H19Cl2N5O5/c1-11(28)24-20-15(21)7-12(8-16(20)22)9-18(23)25-19(29)10-17(26-32-2)13-3-5-14(6-4-13)27(30)31/h3-8H,9-10H2,1-2H3,(H,24,28)(H2,23,25,29)/b26-17-. The Kier molecular flexibility index (Phi) is 8.68. The van der Waals surface area contributed by atoms with Crippen molar-refractivity contribution in [3.63, 3.8) is 0 Å². The van der Waals surface area contributed by atoms with E-state index < -0.39 is 10.8 Å². The van der Waals surface area contributed by atoms with Crippen LogP contribution < -0.4 is 11.1 Å². The zero-order chi connectivity index (χ0) is 23.8. The van der Waals surface area contributed by atoms with Crippen molar-refractivity contribution in [2.24, 2.45) is 15.9 Å². The van der Waals surface area contributed by atoms with Gasteiger partial charge in [-0.3, -0.25) is 19.7 Å². The van der Waals surface area contributed by atoms with E-state index in [1.807, 2.05) is 0 Å². The first-order valence-electron chi connectivity index (χ1n) is 9.07. The van der Waals surface area contributed by atoms with Gasteiger partial charge >= 0.3 is 0 Å². The lowest BCUT2D eigenvalue weighted by Crippen LogP contribution is -2.19. The molecule has 0 saturated carbocycles. The molecule has 32 heavy (non-hydrogen) atoms. The minimum absolute atomic E-state index is 0.00915. The number of amidine groups is 1. The average molecular weight is 480 g/mol. The Morgan fingerprint density at radius 3 is 2.28 bits per heavy atom. The predicted molar refractivity (Wildman–Crippen MR) is 122 cm³/mol. The molecule has 2 aromatic rings. The molecule has 2 amide bonds. The highest BCUT2D eigenvalue weighted by Gasteiger charge is 2.14. The van der Waals surface area contributed by atoms with Crippen LogP contribution in [0, 0.1) is 10.1 Å². The fraction of sp³-hybridized carbons (Fsp3) is 0.200. The molecule has 2 aromatic carbocycles. The number of carbonyl (C=O) groups is 2. The highest BCUT2D eigenvalue weighted by atomic mass is 35.5. The largest absolute Gasteiger partial charge is 0.399 e.